The van der Waals surface area contributed by atoms with E-state index in [9.17, 15) is 14.9 Å². The smallest absolute Gasteiger partial charge is 0.269 e. The quantitative estimate of drug-likeness (QED) is 0.681. The van der Waals surface area contributed by atoms with Crippen molar-refractivity contribution in [3.8, 4) is 0 Å². The van der Waals surface area contributed by atoms with Gasteiger partial charge in [-0.25, -0.2) is 0 Å². The molecule has 21 heavy (non-hydrogen) atoms. The molecule has 0 fully saturated rings. The van der Waals surface area contributed by atoms with E-state index in [1.807, 2.05) is 18.2 Å². The van der Waals surface area contributed by atoms with Gasteiger partial charge < -0.3 is 5.32 Å². The Morgan fingerprint density at radius 1 is 1.24 bits per heavy atom. The van der Waals surface area contributed by atoms with Gasteiger partial charge in [0.2, 0.25) is 5.91 Å². The third-order valence-corrected chi connectivity index (χ3v) is 4.02. The van der Waals surface area contributed by atoms with Crippen LogP contribution in [0, 0.1) is 10.1 Å². The van der Waals surface area contributed by atoms with Crippen LogP contribution in [0.2, 0.25) is 0 Å². The molecule has 1 aliphatic heterocycles. The van der Waals surface area contributed by atoms with Crippen LogP contribution in [0.4, 0.5) is 11.4 Å². The summed E-state index contributed by atoms with van der Waals surface area (Å²) in [5, 5.41) is 13.7. The average molecular weight is 347 g/mol. The van der Waals surface area contributed by atoms with Crippen LogP contribution in [0.1, 0.15) is 17.0 Å². The van der Waals surface area contributed by atoms with Crippen molar-refractivity contribution in [3.05, 3.63) is 68.2 Å². The Kier molecular flexibility index (Phi) is 3.47. The Morgan fingerprint density at radius 3 is 2.81 bits per heavy atom. The van der Waals surface area contributed by atoms with E-state index in [2.05, 4.69) is 21.2 Å². The summed E-state index contributed by atoms with van der Waals surface area (Å²) in [7, 11) is 0. The van der Waals surface area contributed by atoms with E-state index in [4.69, 9.17) is 0 Å². The number of carbonyl (C=O) groups is 1. The summed E-state index contributed by atoms with van der Waals surface area (Å²) in [6.07, 6.45) is 0.441. The van der Waals surface area contributed by atoms with Crippen LogP contribution in [-0.4, -0.2) is 10.8 Å². The number of anilines is 1. The molecule has 1 heterocycles. The van der Waals surface area contributed by atoms with Gasteiger partial charge in [0.1, 0.15) is 0 Å². The SMILES string of the molecule is O=C1Nc2ccc(Br)cc2C1Cc1cccc([N+](=O)[O-])c1. The number of hydrogen-bond acceptors (Lipinski definition) is 3. The summed E-state index contributed by atoms with van der Waals surface area (Å²) in [4.78, 5) is 22.5. The lowest BCUT2D eigenvalue weighted by Crippen LogP contribution is -2.14. The van der Waals surface area contributed by atoms with E-state index in [-0.39, 0.29) is 17.5 Å². The fourth-order valence-corrected chi connectivity index (χ4v) is 2.91. The van der Waals surface area contributed by atoms with Crippen LogP contribution in [0.15, 0.2) is 46.9 Å². The molecule has 0 saturated carbocycles. The molecule has 6 heteroatoms. The van der Waals surface area contributed by atoms with Crippen LogP contribution in [-0.2, 0) is 11.2 Å². The monoisotopic (exact) mass is 346 g/mol. The molecule has 2 aromatic carbocycles. The highest BCUT2D eigenvalue weighted by Crippen LogP contribution is 2.36. The minimum atomic E-state index is -0.428. The summed E-state index contributed by atoms with van der Waals surface area (Å²) in [5.41, 5.74) is 2.54. The second-order valence-electron chi connectivity index (χ2n) is 4.90. The van der Waals surface area contributed by atoms with Crippen LogP contribution in [0.5, 0.6) is 0 Å². The molecule has 5 nitrogen and oxygen atoms in total. The van der Waals surface area contributed by atoms with Crippen LogP contribution < -0.4 is 5.32 Å². The Hall–Kier alpha value is -2.21. The first-order valence-corrected chi connectivity index (χ1v) is 7.17. The molecule has 0 saturated heterocycles. The number of hydrogen-bond donors (Lipinski definition) is 1. The summed E-state index contributed by atoms with van der Waals surface area (Å²) in [6.45, 7) is 0. The molecule has 0 spiro atoms. The van der Waals surface area contributed by atoms with Crippen molar-refractivity contribution in [2.24, 2.45) is 0 Å². The van der Waals surface area contributed by atoms with Gasteiger partial charge in [-0.15, -0.1) is 0 Å². The lowest BCUT2D eigenvalue weighted by atomic mass is 9.93. The van der Waals surface area contributed by atoms with Crippen LogP contribution >= 0.6 is 15.9 Å². The number of nitro groups is 1. The largest absolute Gasteiger partial charge is 0.325 e. The van der Waals surface area contributed by atoms with Gasteiger partial charge in [-0.2, -0.15) is 0 Å². The van der Waals surface area contributed by atoms with Crippen molar-refractivity contribution < 1.29 is 9.72 Å². The maximum atomic E-state index is 12.1. The highest BCUT2D eigenvalue weighted by atomic mass is 79.9. The van der Waals surface area contributed by atoms with Crippen LogP contribution in [0.25, 0.3) is 0 Å². The van der Waals surface area contributed by atoms with Crippen molar-refractivity contribution >= 4 is 33.2 Å². The fourth-order valence-electron chi connectivity index (χ4n) is 2.53. The number of benzene rings is 2. The Balaban J connectivity index is 1.92. The van der Waals surface area contributed by atoms with Crippen molar-refractivity contribution in [2.75, 3.05) is 5.32 Å². The maximum Gasteiger partial charge on any atom is 0.269 e. The number of nitrogens with one attached hydrogen (secondary N) is 1. The number of halogens is 1. The van der Waals surface area contributed by atoms with Gasteiger partial charge in [0, 0.05) is 22.3 Å². The van der Waals surface area contributed by atoms with E-state index in [0.29, 0.717) is 6.42 Å². The molecule has 0 bridgehead atoms. The van der Waals surface area contributed by atoms with Crippen LogP contribution in [0.3, 0.4) is 0 Å². The number of nitro benzene ring substituents is 1. The summed E-state index contributed by atoms with van der Waals surface area (Å²) >= 11 is 3.40. The Bertz CT molecular complexity index is 745. The van der Waals surface area contributed by atoms with Gasteiger partial charge in [0.15, 0.2) is 0 Å². The first kappa shape index (κ1) is 13.8. The molecule has 2 aromatic rings. The standard InChI is InChI=1S/C15H11BrN2O3/c16-10-4-5-14-12(8-10)13(15(19)17-14)7-9-2-1-3-11(6-9)18(20)21/h1-6,8,13H,7H2,(H,17,19). The molecular formula is C15H11BrN2O3. The fraction of sp³-hybridized carbons (Fsp3) is 0.133. The van der Waals surface area contributed by atoms with E-state index in [1.54, 1.807) is 12.1 Å². The molecular weight excluding hydrogens is 336 g/mol. The molecule has 0 aromatic heterocycles. The second-order valence-corrected chi connectivity index (χ2v) is 5.82. The number of fused-ring (bicyclic) bond motifs is 1. The third kappa shape index (κ3) is 2.67. The van der Waals surface area contributed by atoms with Gasteiger partial charge in [-0.05, 0) is 35.7 Å². The van der Waals surface area contributed by atoms with Gasteiger partial charge >= 0.3 is 0 Å². The normalized spacial score (nSPS) is 16.4. The predicted molar refractivity (Wildman–Crippen MR) is 82.3 cm³/mol. The highest BCUT2D eigenvalue weighted by Gasteiger charge is 2.30. The molecule has 0 radical (unpaired) electrons. The lowest BCUT2D eigenvalue weighted by Gasteiger charge is -2.09. The minimum Gasteiger partial charge on any atom is -0.325 e. The van der Waals surface area contributed by atoms with Gasteiger partial charge in [-0.1, -0.05) is 28.1 Å². The zero-order chi connectivity index (χ0) is 15.0. The van der Waals surface area contributed by atoms with Gasteiger partial charge in [-0.3, -0.25) is 14.9 Å². The van der Waals surface area contributed by atoms with E-state index >= 15 is 0 Å². The summed E-state index contributed by atoms with van der Waals surface area (Å²) in [5.74, 6) is -0.394. The second kappa shape index (κ2) is 5.29. The Morgan fingerprint density at radius 2 is 2.05 bits per heavy atom. The van der Waals surface area contributed by atoms with Gasteiger partial charge in [0.05, 0.1) is 10.8 Å². The molecule has 1 unspecified atom stereocenters. The average Bonchev–Trinajstić information content (AvgIpc) is 2.75. The number of non-ortho nitro benzene ring substituents is 1. The number of nitrogens with zero attached hydrogens (tertiary/aromatic N) is 1. The Labute approximate surface area is 129 Å². The third-order valence-electron chi connectivity index (χ3n) is 3.52. The molecule has 3 rings (SSSR count). The minimum absolute atomic E-state index is 0.0420. The molecule has 1 N–H and O–H groups in total. The van der Waals surface area contributed by atoms with Crippen molar-refractivity contribution in [2.45, 2.75) is 12.3 Å². The first-order chi connectivity index (χ1) is 10.0. The zero-order valence-electron chi connectivity index (χ0n) is 10.9. The predicted octanol–water partition coefficient (Wildman–Crippen LogP) is 3.64. The molecule has 106 valence electrons. The van der Waals surface area contributed by atoms with Crippen molar-refractivity contribution in [3.63, 3.8) is 0 Å². The van der Waals surface area contributed by atoms with Crippen molar-refractivity contribution in [1.29, 1.82) is 0 Å². The first-order valence-electron chi connectivity index (χ1n) is 6.38. The van der Waals surface area contributed by atoms with E-state index < -0.39 is 4.92 Å². The molecule has 0 aliphatic carbocycles. The number of rotatable bonds is 3. The zero-order valence-corrected chi connectivity index (χ0v) is 12.5. The topological polar surface area (TPSA) is 72.2 Å². The van der Waals surface area contributed by atoms with E-state index in [1.165, 1.54) is 12.1 Å². The molecule has 1 atom stereocenters. The number of amides is 1. The van der Waals surface area contributed by atoms with Crippen molar-refractivity contribution in [1.82, 2.24) is 0 Å². The molecule has 1 amide bonds. The van der Waals surface area contributed by atoms with Gasteiger partial charge in [0.25, 0.3) is 5.69 Å². The lowest BCUT2D eigenvalue weighted by molar-refractivity contribution is -0.384. The number of carbonyl (C=O) groups excluding carboxylic acids is 1. The maximum absolute atomic E-state index is 12.1. The summed E-state index contributed by atoms with van der Waals surface area (Å²) in [6, 6.07) is 12.0. The molecule has 1 aliphatic rings. The summed E-state index contributed by atoms with van der Waals surface area (Å²) < 4.78 is 0.904. The highest BCUT2D eigenvalue weighted by molar-refractivity contribution is 9.10. The van der Waals surface area contributed by atoms with E-state index in [0.717, 1.165) is 21.3 Å².